The van der Waals surface area contributed by atoms with E-state index >= 15 is 0 Å². The molecular weight excluding hydrogens is 461 g/mol. The van der Waals surface area contributed by atoms with Gasteiger partial charge in [0, 0.05) is 18.2 Å². The number of nitrogens with one attached hydrogen (secondary N) is 2. The summed E-state index contributed by atoms with van der Waals surface area (Å²) in [5.41, 5.74) is 2.81. The molecule has 1 heterocycles. The van der Waals surface area contributed by atoms with Gasteiger partial charge in [0.2, 0.25) is 11.8 Å². The second-order valence-electron chi connectivity index (χ2n) is 8.97. The minimum absolute atomic E-state index is 0.0849. The standard InChI is InChI=1S/C28H28FN3O4/c1-18(2)26(33)31-23-14-10-21(11-15-23)25-24(27(34)30-16-19-6-4-3-5-7-19)32(28(35)36-25)17-20-8-12-22(29)13-9-20/h3-15,18,24-25H,16-17H2,1-2H3,(H,30,34)(H,31,33)/t24-,25-/m1/s1. The fourth-order valence-electron chi connectivity index (χ4n) is 3.93. The minimum atomic E-state index is -0.942. The van der Waals surface area contributed by atoms with Crippen molar-refractivity contribution < 1.29 is 23.5 Å². The molecule has 2 atom stereocenters. The molecule has 1 saturated heterocycles. The van der Waals surface area contributed by atoms with Crippen LogP contribution in [0, 0.1) is 11.7 Å². The van der Waals surface area contributed by atoms with E-state index in [2.05, 4.69) is 10.6 Å². The first kappa shape index (κ1) is 24.9. The maximum atomic E-state index is 13.4. The molecule has 36 heavy (non-hydrogen) atoms. The number of hydrogen-bond acceptors (Lipinski definition) is 4. The Balaban J connectivity index is 1.57. The van der Waals surface area contributed by atoms with E-state index in [1.165, 1.54) is 17.0 Å². The predicted molar refractivity (Wildman–Crippen MR) is 133 cm³/mol. The molecule has 4 rings (SSSR count). The smallest absolute Gasteiger partial charge is 0.411 e. The lowest BCUT2D eigenvalue weighted by molar-refractivity contribution is -0.126. The van der Waals surface area contributed by atoms with Gasteiger partial charge in [-0.2, -0.15) is 0 Å². The molecule has 8 heteroatoms. The van der Waals surface area contributed by atoms with Crippen LogP contribution in [0.4, 0.5) is 14.9 Å². The monoisotopic (exact) mass is 489 g/mol. The van der Waals surface area contributed by atoms with E-state index in [1.54, 1.807) is 50.2 Å². The Morgan fingerprint density at radius 3 is 2.25 bits per heavy atom. The highest BCUT2D eigenvalue weighted by Crippen LogP contribution is 2.34. The van der Waals surface area contributed by atoms with Crippen LogP contribution in [0.5, 0.6) is 0 Å². The van der Waals surface area contributed by atoms with Crippen LogP contribution < -0.4 is 10.6 Å². The van der Waals surface area contributed by atoms with E-state index in [1.807, 2.05) is 30.3 Å². The number of nitrogens with zero attached hydrogens (tertiary/aromatic N) is 1. The van der Waals surface area contributed by atoms with Crippen LogP contribution in [0.25, 0.3) is 0 Å². The Hall–Kier alpha value is -4.20. The lowest BCUT2D eigenvalue weighted by Gasteiger charge is -2.24. The summed E-state index contributed by atoms with van der Waals surface area (Å²) in [6.07, 6.45) is -1.50. The van der Waals surface area contributed by atoms with Gasteiger partial charge in [0.05, 0.1) is 6.54 Å². The van der Waals surface area contributed by atoms with E-state index in [0.717, 1.165) is 5.56 Å². The van der Waals surface area contributed by atoms with Crippen LogP contribution in [-0.2, 0) is 27.4 Å². The van der Waals surface area contributed by atoms with E-state index in [0.29, 0.717) is 23.4 Å². The lowest BCUT2D eigenvalue weighted by Crippen LogP contribution is -2.46. The first-order valence-electron chi connectivity index (χ1n) is 11.8. The van der Waals surface area contributed by atoms with Crippen LogP contribution >= 0.6 is 0 Å². The van der Waals surface area contributed by atoms with Gasteiger partial charge in [-0.3, -0.25) is 14.5 Å². The van der Waals surface area contributed by atoms with E-state index in [4.69, 9.17) is 4.74 Å². The molecule has 7 nitrogen and oxygen atoms in total. The van der Waals surface area contributed by atoms with Crippen LogP contribution in [0.15, 0.2) is 78.9 Å². The van der Waals surface area contributed by atoms with Crippen molar-refractivity contribution in [3.05, 3.63) is 101 Å². The molecular formula is C28H28FN3O4. The number of anilines is 1. The predicted octanol–water partition coefficient (Wildman–Crippen LogP) is 4.80. The van der Waals surface area contributed by atoms with Gasteiger partial charge in [-0.1, -0.05) is 68.4 Å². The van der Waals surface area contributed by atoms with Gasteiger partial charge in [-0.15, -0.1) is 0 Å². The average molecular weight is 490 g/mol. The third-order valence-corrected chi connectivity index (χ3v) is 5.96. The van der Waals surface area contributed by atoms with Crippen molar-refractivity contribution in [3.63, 3.8) is 0 Å². The van der Waals surface area contributed by atoms with Crippen molar-refractivity contribution in [3.8, 4) is 0 Å². The zero-order chi connectivity index (χ0) is 25.7. The molecule has 0 aliphatic carbocycles. The van der Waals surface area contributed by atoms with E-state index in [-0.39, 0.29) is 30.1 Å². The van der Waals surface area contributed by atoms with Gasteiger partial charge in [-0.05, 0) is 41.0 Å². The summed E-state index contributed by atoms with van der Waals surface area (Å²) in [7, 11) is 0. The first-order valence-corrected chi connectivity index (χ1v) is 11.8. The molecule has 0 saturated carbocycles. The molecule has 2 N–H and O–H groups in total. The molecule has 1 aliphatic heterocycles. The maximum absolute atomic E-state index is 13.4. The third kappa shape index (κ3) is 5.89. The van der Waals surface area contributed by atoms with Crippen LogP contribution in [0.2, 0.25) is 0 Å². The molecule has 0 spiro atoms. The van der Waals surface area contributed by atoms with Gasteiger partial charge in [-0.25, -0.2) is 9.18 Å². The van der Waals surface area contributed by atoms with E-state index in [9.17, 15) is 18.8 Å². The highest BCUT2D eigenvalue weighted by Gasteiger charge is 2.46. The van der Waals surface area contributed by atoms with Gasteiger partial charge in [0.1, 0.15) is 5.82 Å². The second-order valence-corrected chi connectivity index (χ2v) is 8.97. The number of carbonyl (C=O) groups is 3. The number of cyclic esters (lactones) is 1. The normalized spacial score (nSPS) is 17.1. The summed E-state index contributed by atoms with van der Waals surface area (Å²) < 4.78 is 19.1. The summed E-state index contributed by atoms with van der Waals surface area (Å²) >= 11 is 0. The molecule has 0 radical (unpaired) electrons. The van der Waals surface area contributed by atoms with Crippen molar-refractivity contribution in [2.75, 3.05) is 5.32 Å². The first-order chi connectivity index (χ1) is 17.3. The topological polar surface area (TPSA) is 87.7 Å². The molecule has 1 fully saturated rings. The third-order valence-electron chi connectivity index (χ3n) is 5.96. The summed E-state index contributed by atoms with van der Waals surface area (Å²) in [6.45, 7) is 3.98. The lowest BCUT2D eigenvalue weighted by atomic mass is 10.00. The number of ether oxygens (including phenoxy) is 1. The number of halogens is 1. The quantitative estimate of drug-likeness (QED) is 0.476. The highest BCUT2D eigenvalue weighted by atomic mass is 19.1. The average Bonchev–Trinajstić information content (AvgIpc) is 3.20. The van der Waals surface area contributed by atoms with Crippen molar-refractivity contribution >= 4 is 23.6 Å². The van der Waals surface area contributed by atoms with Crippen LogP contribution in [0.3, 0.4) is 0 Å². The van der Waals surface area contributed by atoms with Crippen LogP contribution in [-0.4, -0.2) is 28.8 Å². The largest absolute Gasteiger partial charge is 0.438 e. The second kappa shape index (κ2) is 11.0. The molecule has 3 aromatic rings. The molecule has 1 aliphatic rings. The Labute approximate surface area is 209 Å². The van der Waals surface area contributed by atoms with Crippen molar-refractivity contribution in [1.82, 2.24) is 10.2 Å². The molecule has 0 aromatic heterocycles. The summed E-state index contributed by atoms with van der Waals surface area (Å²) in [5.74, 6) is -1.03. The Bertz CT molecular complexity index is 1210. The van der Waals surface area contributed by atoms with E-state index < -0.39 is 18.2 Å². The molecule has 0 bridgehead atoms. The van der Waals surface area contributed by atoms with Gasteiger partial charge < -0.3 is 15.4 Å². The van der Waals surface area contributed by atoms with Crippen molar-refractivity contribution in [2.45, 2.75) is 39.1 Å². The number of rotatable bonds is 8. The number of carbonyl (C=O) groups excluding carboxylic acids is 3. The molecule has 3 amide bonds. The molecule has 186 valence electrons. The minimum Gasteiger partial charge on any atom is -0.438 e. The number of hydrogen-bond donors (Lipinski definition) is 2. The zero-order valence-electron chi connectivity index (χ0n) is 20.1. The number of benzene rings is 3. The summed E-state index contributed by atoms with van der Waals surface area (Å²) in [6, 6.07) is 21.1. The molecule has 3 aromatic carbocycles. The Morgan fingerprint density at radius 1 is 0.944 bits per heavy atom. The Kier molecular flexibility index (Phi) is 7.63. The fraction of sp³-hybridized carbons (Fsp3) is 0.250. The number of amides is 3. The van der Waals surface area contributed by atoms with Crippen molar-refractivity contribution in [1.29, 1.82) is 0 Å². The SMILES string of the molecule is CC(C)C(=O)Nc1ccc([C@H]2OC(=O)N(Cc3ccc(F)cc3)[C@H]2C(=O)NCc2ccccc2)cc1. The fourth-order valence-corrected chi connectivity index (χ4v) is 3.93. The maximum Gasteiger partial charge on any atom is 0.411 e. The Morgan fingerprint density at radius 2 is 1.61 bits per heavy atom. The summed E-state index contributed by atoms with van der Waals surface area (Å²) in [4.78, 5) is 39.6. The van der Waals surface area contributed by atoms with Crippen LogP contribution in [0.1, 0.15) is 36.6 Å². The van der Waals surface area contributed by atoms with Gasteiger partial charge in [0.15, 0.2) is 12.1 Å². The summed E-state index contributed by atoms with van der Waals surface area (Å²) in [5, 5.41) is 5.73. The zero-order valence-corrected chi connectivity index (χ0v) is 20.1. The van der Waals surface area contributed by atoms with Gasteiger partial charge in [0.25, 0.3) is 0 Å². The van der Waals surface area contributed by atoms with Gasteiger partial charge >= 0.3 is 6.09 Å². The highest BCUT2D eigenvalue weighted by molar-refractivity contribution is 5.92. The molecule has 0 unspecified atom stereocenters. The van der Waals surface area contributed by atoms with Crippen molar-refractivity contribution in [2.24, 2.45) is 5.92 Å².